The summed E-state index contributed by atoms with van der Waals surface area (Å²) < 4.78 is 0. The van der Waals surface area contributed by atoms with E-state index in [4.69, 9.17) is 0 Å². The Bertz CT molecular complexity index is 919. The molecule has 0 amide bonds. The number of aromatic hydroxyl groups is 1. The van der Waals surface area contributed by atoms with Crippen molar-refractivity contribution in [1.82, 2.24) is 19.9 Å². The molecule has 2 aromatic heterocycles. The maximum atomic E-state index is 11.9. The van der Waals surface area contributed by atoms with Gasteiger partial charge in [0, 0.05) is 0 Å². The number of aromatic amines is 2. The number of H-pyrrole nitrogens is 2. The lowest BCUT2D eigenvalue weighted by Gasteiger charge is -2.03. The number of thioether (sulfide) groups is 1. The molecule has 0 bridgehead atoms. The maximum Gasteiger partial charge on any atom is 0.258 e. The highest BCUT2D eigenvalue weighted by Crippen LogP contribution is 2.17. The number of aromatic nitrogens is 4. The van der Waals surface area contributed by atoms with Gasteiger partial charge in [-0.2, -0.15) is 4.98 Å². The summed E-state index contributed by atoms with van der Waals surface area (Å²) in [5, 5.41) is 10.0. The molecular formula is C13H10N4O3S. The molecule has 0 saturated carbocycles. The van der Waals surface area contributed by atoms with Crippen LogP contribution in [0.3, 0.4) is 0 Å². The number of nitrogens with one attached hydrogen (secondary N) is 2. The fourth-order valence-electron chi connectivity index (χ4n) is 1.83. The van der Waals surface area contributed by atoms with Crippen molar-refractivity contribution >= 4 is 22.7 Å². The van der Waals surface area contributed by atoms with Crippen LogP contribution in [0.2, 0.25) is 0 Å². The number of nitrogens with zero attached hydrogens (tertiary/aromatic N) is 2. The summed E-state index contributed by atoms with van der Waals surface area (Å²) in [6.45, 7) is 0. The Hall–Kier alpha value is -2.61. The van der Waals surface area contributed by atoms with E-state index in [9.17, 15) is 14.7 Å². The number of rotatable bonds is 3. The van der Waals surface area contributed by atoms with Gasteiger partial charge in [-0.05, 0) is 12.1 Å². The van der Waals surface area contributed by atoms with E-state index in [0.717, 1.165) is 17.8 Å². The van der Waals surface area contributed by atoms with Crippen molar-refractivity contribution in [3.05, 3.63) is 56.9 Å². The Morgan fingerprint density at radius 2 is 1.95 bits per heavy atom. The molecule has 0 aliphatic rings. The van der Waals surface area contributed by atoms with E-state index in [-0.39, 0.29) is 16.6 Å². The zero-order valence-electron chi connectivity index (χ0n) is 10.7. The van der Waals surface area contributed by atoms with Crippen LogP contribution in [-0.2, 0) is 5.75 Å². The molecule has 0 unspecified atom stereocenters. The van der Waals surface area contributed by atoms with Crippen LogP contribution in [0.15, 0.2) is 45.1 Å². The van der Waals surface area contributed by atoms with Gasteiger partial charge in [-0.3, -0.25) is 9.59 Å². The first kappa shape index (κ1) is 13.4. The number of hydrogen-bond acceptors (Lipinski definition) is 6. The van der Waals surface area contributed by atoms with E-state index in [1.165, 1.54) is 0 Å². The smallest absolute Gasteiger partial charge is 0.258 e. The first-order chi connectivity index (χ1) is 10.1. The van der Waals surface area contributed by atoms with Crippen molar-refractivity contribution in [3.63, 3.8) is 0 Å². The highest BCUT2D eigenvalue weighted by atomic mass is 32.2. The molecule has 0 saturated heterocycles. The molecule has 0 aliphatic heterocycles. The topological polar surface area (TPSA) is 112 Å². The highest BCUT2D eigenvalue weighted by Gasteiger charge is 2.06. The van der Waals surface area contributed by atoms with Crippen LogP contribution in [0.5, 0.6) is 5.88 Å². The van der Waals surface area contributed by atoms with E-state index >= 15 is 0 Å². The third kappa shape index (κ3) is 2.95. The molecule has 21 heavy (non-hydrogen) atoms. The highest BCUT2D eigenvalue weighted by molar-refractivity contribution is 7.98. The van der Waals surface area contributed by atoms with Gasteiger partial charge >= 0.3 is 0 Å². The number of hydrogen-bond donors (Lipinski definition) is 3. The van der Waals surface area contributed by atoms with Crippen molar-refractivity contribution in [1.29, 1.82) is 0 Å². The van der Waals surface area contributed by atoms with Crippen LogP contribution in [0.1, 0.15) is 5.82 Å². The predicted molar refractivity (Wildman–Crippen MR) is 78.4 cm³/mol. The molecule has 0 aliphatic carbocycles. The molecule has 2 heterocycles. The zero-order valence-corrected chi connectivity index (χ0v) is 11.5. The number of fused-ring (bicyclic) bond motifs is 1. The van der Waals surface area contributed by atoms with Gasteiger partial charge in [-0.1, -0.05) is 23.9 Å². The van der Waals surface area contributed by atoms with Crippen LogP contribution < -0.4 is 11.1 Å². The van der Waals surface area contributed by atoms with Gasteiger partial charge < -0.3 is 15.1 Å². The molecule has 3 N–H and O–H groups in total. The minimum Gasteiger partial charge on any atom is -0.493 e. The Labute approximate surface area is 122 Å². The van der Waals surface area contributed by atoms with E-state index in [2.05, 4.69) is 19.9 Å². The lowest BCUT2D eigenvalue weighted by atomic mass is 10.2. The normalized spacial score (nSPS) is 10.9. The van der Waals surface area contributed by atoms with Crippen molar-refractivity contribution in [2.75, 3.05) is 0 Å². The number of benzene rings is 1. The molecule has 0 spiro atoms. The van der Waals surface area contributed by atoms with Gasteiger partial charge in [0.15, 0.2) is 5.16 Å². The van der Waals surface area contributed by atoms with E-state index in [0.29, 0.717) is 22.5 Å². The third-order valence-corrected chi connectivity index (χ3v) is 3.60. The second kappa shape index (κ2) is 5.41. The molecule has 1 aromatic carbocycles. The second-order valence-corrected chi connectivity index (χ2v) is 5.19. The third-order valence-electron chi connectivity index (χ3n) is 2.71. The minimum atomic E-state index is -0.440. The summed E-state index contributed by atoms with van der Waals surface area (Å²) in [6, 6.07) is 8.02. The Balaban J connectivity index is 1.88. The van der Waals surface area contributed by atoms with Crippen molar-refractivity contribution in [2.24, 2.45) is 0 Å². The molecule has 3 rings (SSSR count). The van der Waals surface area contributed by atoms with Crippen LogP contribution in [0.25, 0.3) is 10.9 Å². The van der Waals surface area contributed by atoms with Gasteiger partial charge in [0.25, 0.3) is 11.1 Å². The molecule has 7 nitrogen and oxygen atoms in total. The van der Waals surface area contributed by atoms with Gasteiger partial charge in [0.2, 0.25) is 5.88 Å². The predicted octanol–water partition coefficient (Wildman–Crippen LogP) is 1.00. The summed E-state index contributed by atoms with van der Waals surface area (Å²) in [4.78, 5) is 36.4. The molecule has 0 fully saturated rings. The van der Waals surface area contributed by atoms with E-state index in [1.54, 1.807) is 24.3 Å². The molecule has 0 radical (unpaired) electrons. The van der Waals surface area contributed by atoms with Crippen LogP contribution in [-0.4, -0.2) is 25.0 Å². The molecule has 0 atom stereocenters. The fourth-order valence-corrected chi connectivity index (χ4v) is 2.57. The second-order valence-electron chi connectivity index (χ2n) is 4.23. The van der Waals surface area contributed by atoms with Crippen molar-refractivity contribution < 1.29 is 5.11 Å². The maximum absolute atomic E-state index is 11.9. The lowest BCUT2D eigenvalue weighted by molar-refractivity contribution is 0.444. The first-order valence-corrected chi connectivity index (χ1v) is 7.01. The van der Waals surface area contributed by atoms with Crippen LogP contribution in [0.4, 0.5) is 0 Å². The van der Waals surface area contributed by atoms with E-state index < -0.39 is 5.56 Å². The van der Waals surface area contributed by atoms with Gasteiger partial charge in [0.1, 0.15) is 5.82 Å². The Morgan fingerprint density at radius 1 is 1.14 bits per heavy atom. The standard InChI is InChI=1S/C13H10N4O3S/c18-10-5-11(19)17-13(16-10)21-6-9-14-8-4-2-1-3-7(8)12(20)15-9/h1-5H,6H2,(H,14,15,20)(H2,16,17,18,19). The summed E-state index contributed by atoms with van der Waals surface area (Å²) in [5.74, 6) is 0.433. The Kier molecular flexibility index (Phi) is 3.44. The largest absolute Gasteiger partial charge is 0.493 e. The first-order valence-electron chi connectivity index (χ1n) is 6.03. The minimum absolute atomic E-state index is 0.214. The van der Waals surface area contributed by atoms with Gasteiger partial charge in [-0.25, -0.2) is 4.98 Å². The average molecular weight is 302 g/mol. The number of para-hydroxylation sites is 1. The summed E-state index contributed by atoms with van der Waals surface area (Å²) in [7, 11) is 0. The average Bonchev–Trinajstić information content (AvgIpc) is 2.44. The molecule has 8 heteroatoms. The van der Waals surface area contributed by atoms with Crippen molar-refractivity contribution in [2.45, 2.75) is 10.9 Å². The lowest BCUT2D eigenvalue weighted by Crippen LogP contribution is -2.11. The summed E-state index contributed by atoms with van der Waals surface area (Å²) in [6.07, 6.45) is 0. The fraction of sp³-hybridized carbons (Fsp3) is 0.0769. The summed E-state index contributed by atoms with van der Waals surface area (Å²) >= 11 is 1.16. The summed E-state index contributed by atoms with van der Waals surface area (Å²) in [5.41, 5.74) is -0.0484. The molecule has 3 aromatic rings. The van der Waals surface area contributed by atoms with Crippen molar-refractivity contribution in [3.8, 4) is 5.88 Å². The van der Waals surface area contributed by atoms with E-state index in [1.807, 2.05) is 0 Å². The van der Waals surface area contributed by atoms with Crippen LogP contribution in [0, 0.1) is 0 Å². The van der Waals surface area contributed by atoms with Gasteiger partial charge in [-0.15, -0.1) is 0 Å². The molecular weight excluding hydrogens is 292 g/mol. The zero-order chi connectivity index (χ0) is 14.8. The molecule has 106 valence electrons. The van der Waals surface area contributed by atoms with Gasteiger partial charge in [0.05, 0.1) is 22.7 Å². The quantitative estimate of drug-likeness (QED) is 0.491. The SMILES string of the molecule is O=c1cc(O)nc(SCc2nc3ccccc3c(=O)[nH]2)[nH]1. The Morgan fingerprint density at radius 3 is 2.76 bits per heavy atom. The van der Waals surface area contributed by atoms with Crippen LogP contribution >= 0.6 is 11.8 Å². The monoisotopic (exact) mass is 302 g/mol.